The lowest BCUT2D eigenvalue weighted by molar-refractivity contribution is -0.124. The van der Waals surface area contributed by atoms with Gasteiger partial charge in [-0.3, -0.25) is 4.79 Å². The van der Waals surface area contributed by atoms with Crippen molar-refractivity contribution in [1.82, 2.24) is 10.0 Å². The molecule has 170 valence electrons. The zero-order valence-corrected chi connectivity index (χ0v) is 18.9. The van der Waals surface area contributed by atoms with Gasteiger partial charge in [0.2, 0.25) is 15.9 Å². The summed E-state index contributed by atoms with van der Waals surface area (Å²) >= 11 is 0. The highest BCUT2D eigenvalue weighted by Gasteiger charge is 2.50. The Balaban J connectivity index is 1.21. The SMILES string of the molecule is C[C@@H](NS(=O)(=O)c1ccc2c(c1)OCCCO2)C(=O)NCC12CC3CC(CC(C3)C1)C2. The highest BCUT2D eigenvalue weighted by molar-refractivity contribution is 7.89. The number of amides is 1. The Labute approximate surface area is 184 Å². The molecule has 1 atom stereocenters. The van der Waals surface area contributed by atoms with E-state index in [-0.39, 0.29) is 16.2 Å². The lowest BCUT2D eigenvalue weighted by atomic mass is 9.49. The number of carbonyl (C=O) groups is 1. The van der Waals surface area contributed by atoms with Crippen LogP contribution in [0.5, 0.6) is 11.5 Å². The summed E-state index contributed by atoms with van der Waals surface area (Å²) in [6.07, 6.45) is 8.44. The first-order chi connectivity index (χ1) is 14.8. The van der Waals surface area contributed by atoms with Crippen molar-refractivity contribution in [3.05, 3.63) is 18.2 Å². The van der Waals surface area contributed by atoms with Gasteiger partial charge in [-0.25, -0.2) is 8.42 Å². The van der Waals surface area contributed by atoms with E-state index in [1.54, 1.807) is 13.0 Å². The monoisotopic (exact) mass is 448 g/mol. The summed E-state index contributed by atoms with van der Waals surface area (Å²) in [5.41, 5.74) is 0.220. The minimum Gasteiger partial charge on any atom is -0.490 e. The fourth-order valence-electron chi connectivity index (χ4n) is 6.60. The second-order valence-electron chi connectivity index (χ2n) is 10.1. The maximum Gasteiger partial charge on any atom is 0.241 e. The molecule has 1 amide bonds. The van der Waals surface area contributed by atoms with Crippen LogP contribution in [-0.2, 0) is 14.8 Å². The van der Waals surface area contributed by atoms with E-state index in [0.29, 0.717) is 31.3 Å². The van der Waals surface area contributed by atoms with Crippen molar-refractivity contribution in [2.24, 2.45) is 23.2 Å². The molecule has 0 radical (unpaired) electrons. The van der Waals surface area contributed by atoms with Gasteiger partial charge in [0, 0.05) is 19.0 Å². The summed E-state index contributed by atoms with van der Waals surface area (Å²) in [5.74, 6) is 3.14. The molecule has 8 heteroatoms. The molecule has 1 heterocycles. The van der Waals surface area contributed by atoms with Crippen molar-refractivity contribution in [2.75, 3.05) is 19.8 Å². The van der Waals surface area contributed by atoms with E-state index in [0.717, 1.165) is 24.2 Å². The van der Waals surface area contributed by atoms with Gasteiger partial charge in [0.05, 0.1) is 24.2 Å². The van der Waals surface area contributed by atoms with Gasteiger partial charge in [0.1, 0.15) is 0 Å². The van der Waals surface area contributed by atoms with Crippen LogP contribution < -0.4 is 19.5 Å². The predicted octanol–water partition coefficient (Wildman–Crippen LogP) is 2.85. The Bertz CT molecular complexity index is 925. The Morgan fingerprint density at radius 3 is 2.32 bits per heavy atom. The van der Waals surface area contributed by atoms with Crippen molar-refractivity contribution in [3.63, 3.8) is 0 Å². The molecule has 4 aliphatic carbocycles. The van der Waals surface area contributed by atoms with Crippen LogP contribution in [0, 0.1) is 23.2 Å². The van der Waals surface area contributed by atoms with E-state index in [2.05, 4.69) is 10.0 Å². The number of hydrogen-bond donors (Lipinski definition) is 2. The number of carbonyl (C=O) groups excluding carboxylic acids is 1. The third-order valence-electron chi connectivity index (χ3n) is 7.56. The molecule has 4 saturated carbocycles. The van der Waals surface area contributed by atoms with Crippen LogP contribution >= 0.6 is 0 Å². The molecule has 5 aliphatic rings. The number of benzene rings is 1. The second-order valence-corrected chi connectivity index (χ2v) is 11.9. The molecule has 4 fully saturated rings. The molecular weight excluding hydrogens is 416 g/mol. The maximum absolute atomic E-state index is 12.9. The molecule has 31 heavy (non-hydrogen) atoms. The van der Waals surface area contributed by atoms with Crippen LogP contribution in [0.25, 0.3) is 0 Å². The van der Waals surface area contributed by atoms with E-state index in [4.69, 9.17) is 9.47 Å². The summed E-state index contributed by atoms with van der Waals surface area (Å²) in [6.45, 7) is 3.27. The molecule has 6 rings (SSSR count). The van der Waals surface area contributed by atoms with Crippen molar-refractivity contribution in [3.8, 4) is 11.5 Å². The van der Waals surface area contributed by atoms with Crippen LogP contribution in [-0.4, -0.2) is 40.1 Å². The van der Waals surface area contributed by atoms with E-state index < -0.39 is 16.1 Å². The molecule has 2 N–H and O–H groups in total. The Kier molecular flexibility index (Phi) is 5.41. The van der Waals surface area contributed by atoms with Gasteiger partial charge in [0.15, 0.2) is 11.5 Å². The molecule has 0 unspecified atom stereocenters. The fraction of sp³-hybridized carbons (Fsp3) is 0.696. The first-order valence-electron chi connectivity index (χ1n) is 11.5. The van der Waals surface area contributed by atoms with Gasteiger partial charge in [-0.2, -0.15) is 4.72 Å². The predicted molar refractivity (Wildman–Crippen MR) is 115 cm³/mol. The molecule has 1 aromatic rings. The number of fused-ring (bicyclic) bond motifs is 1. The summed E-state index contributed by atoms with van der Waals surface area (Å²) in [6, 6.07) is 3.70. The molecule has 1 aromatic carbocycles. The fourth-order valence-corrected chi connectivity index (χ4v) is 7.82. The third kappa shape index (κ3) is 4.29. The van der Waals surface area contributed by atoms with Crippen LogP contribution in [0.2, 0.25) is 0 Å². The largest absolute Gasteiger partial charge is 0.490 e. The average molecular weight is 449 g/mol. The molecule has 1 aliphatic heterocycles. The molecule has 0 aromatic heterocycles. The van der Waals surface area contributed by atoms with E-state index >= 15 is 0 Å². The van der Waals surface area contributed by atoms with Gasteiger partial charge >= 0.3 is 0 Å². The number of nitrogens with one attached hydrogen (secondary N) is 2. The van der Waals surface area contributed by atoms with Crippen molar-refractivity contribution in [2.45, 2.75) is 62.8 Å². The van der Waals surface area contributed by atoms with Gasteiger partial charge < -0.3 is 14.8 Å². The van der Waals surface area contributed by atoms with Crippen LogP contribution in [0.1, 0.15) is 51.9 Å². The Hall–Kier alpha value is -1.80. The third-order valence-corrected chi connectivity index (χ3v) is 9.10. The summed E-state index contributed by atoms with van der Waals surface area (Å²) in [7, 11) is -3.86. The van der Waals surface area contributed by atoms with Gasteiger partial charge in [-0.1, -0.05) is 0 Å². The zero-order valence-electron chi connectivity index (χ0n) is 18.1. The topological polar surface area (TPSA) is 93.7 Å². The molecule has 4 bridgehead atoms. The molecular formula is C23H32N2O5S. The van der Waals surface area contributed by atoms with E-state index in [1.165, 1.54) is 50.7 Å². The first kappa shape index (κ1) is 21.1. The smallest absolute Gasteiger partial charge is 0.241 e. The van der Waals surface area contributed by atoms with E-state index in [9.17, 15) is 13.2 Å². The summed E-state index contributed by atoms with van der Waals surface area (Å²) < 4.78 is 39.4. The van der Waals surface area contributed by atoms with Crippen LogP contribution in [0.3, 0.4) is 0 Å². The number of sulfonamides is 1. The second kappa shape index (κ2) is 7.96. The highest BCUT2D eigenvalue weighted by Crippen LogP contribution is 2.59. The number of hydrogen-bond acceptors (Lipinski definition) is 5. The van der Waals surface area contributed by atoms with Crippen molar-refractivity contribution < 1.29 is 22.7 Å². The zero-order chi connectivity index (χ0) is 21.6. The number of rotatable bonds is 6. The van der Waals surface area contributed by atoms with Crippen LogP contribution in [0.15, 0.2) is 23.1 Å². The maximum atomic E-state index is 12.9. The Morgan fingerprint density at radius 2 is 1.68 bits per heavy atom. The minimum absolute atomic E-state index is 0.0671. The van der Waals surface area contributed by atoms with Gasteiger partial charge in [-0.15, -0.1) is 0 Å². The average Bonchev–Trinajstić information content (AvgIpc) is 2.95. The Morgan fingerprint density at radius 1 is 1.06 bits per heavy atom. The van der Waals surface area contributed by atoms with Crippen molar-refractivity contribution in [1.29, 1.82) is 0 Å². The highest BCUT2D eigenvalue weighted by atomic mass is 32.2. The minimum atomic E-state index is -3.86. The lowest BCUT2D eigenvalue weighted by Gasteiger charge is -2.57. The molecule has 0 saturated heterocycles. The lowest BCUT2D eigenvalue weighted by Crippen LogP contribution is -2.53. The first-order valence-corrected chi connectivity index (χ1v) is 13.0. The van der Waals surface area contributed by atoms with Crippen molar-refractivity contribution >= 4 is 15.9 Å². The van der Waals surface area contributed by atoms with E-state index in [1.807, 2.05) is 0 Å². The summed E-state index contributed by atoms with van der Waals surface area (Å²) in [5, 5.41) is 3.06. The normalized spacial score (nSPS) is 32.4. The van der Waals surface area contributed by atoms with Gasteiger partial charge in [-0.05, 0) is 80.8 Å². The number of ether oxygens (including phenoxy) is 2. The molecule has 0 spiro atoms. The quantitative estimate of drug-likeness (QED) is 0.698. The van der Waals surface area contributed by atoms with Gasteiger partial charge in [0.25, 0.3) is 0 Å². The standard InChI is InChI=1S/C23H32N2O5S/c1-15(22(26)24-14-23-11-16-7-17(12-23)9-18(8-16)13-23)25-31(27,28)19-3-4-20-21(10-19)30-6-2-5-29-20/h3-4,10,15-18,25H,2,5-9,11-14H2,1H3,(H,24,26)/t15-,16?,17?,18?,23?/m1/s1. The summed E-state index contributed by atoms with van der Waals surface area (Å²) in [4.78, 5) is 12.8. The molecule has 7 nitrogen and oxygen atoms in total. The van der Waals surface area contributed by atoms with Crippen LogP contribution in [0.4, 0.5) is 0 Å².